The third-order valence-electron chi connectivity index (χ3n) is 4.87. The average Bonchev–Trinajstić information content (AvgIpc) is 2.79. The van der Waals surface area contributed by atoms with E-state index in [0.717, 1.165) is 16.4 Å². The van der Waals surface area contributed by atoms with Crippen LogP contribution in [0.2, 0.25) is 0 Å². The maximum absolute atomic E-state index is 14.3. The van der Waals surface area contributed by atoms with Crippen molar-refractivity contribution in [1.82, 2.24) is 4.98 Å². The summed E-state index contributed by atoms with van der Waals surface area (Å²) in [5, 5.41) is 0.291. The van der Waals surface area contributed by atoms with Crippen LogP contribution in [0.4, 0.5) is 14.5 Å². The minimum atomic E-state index is -4.12. The quantitative estimate of drug-likeness (QED) is 0.427. The van der Waals surface area contributed by atoms with Gasteiger partial charge in [0.05, 0.1) is 29.8 Å². The molecule has 5 nitrogen and oxygen atoms in total. The molecule has 0 fully saturated rings. The zero-order valence-electron chi connectivity index (χ0n) is 16.5. The summed E-state index contributed by atoms with van der Waals surface area (Å²) in [6.45, 7) is -0.131. The van der Waals surface area contributed by atoms with Crippen LogP contribution in [-0.4, -0.2) is 20.5 Å². The molecule has 0 saturated heterocycles. The molecule has 4 aromatic rings. The van der Waals surface area contributed by atoms with Crippen molar-refractivity contribution in [3.05, 3.63) is 96.2 Å². The maximum Gasteiger partial charge on any atom is 0.264 e. The fraction of sp³-hybridized carbons (Fsp3) is 0.0870. The predicted octanol–water partition coefficient (Wildman–Crippen LogP) is 4.92. The number of aromatic nitrogens is 1. The average molecular weight is 440 g/mol. The summed E-state index contributed by atoms with van der Waals surface area (Å²) in [7, 11) is -2.67. The Bertz CT molecular complexity index is 1340. The van der Waals surface area contributed by atoms with Crippen molar-refractivity contribution in [2.45, 2.75) is 11.4 Å². The standard InChI is InChI=1S/C23H18F2N2O3S/c1-30-22-7-3-2-6-21(22)27(31(28,29)18-11-9-17(24)10-12-18)15-16-8-13-20(25)19-5-4-14-26-23(16)19/h2-14H,15H2,1H3. The number of anilines is 1. The molecule has 4 rings (SSSR count). The highest BCUT2D eigenvalue weighted by atomic mass is 32.2. The minimum Gasteiger partial charge on any atom is -0.495 e. The molecular weight excluding hydrogens is 422 g/mol. The molecule has 0 bridgehead atoms. The SMILES string of the molecule is COc1ccccc1N(Cc1ccc(F)c2cccnc12)S(=O)(=O)c1ccc(F)cc1. The van der Waals surface area contributed by atoms with Gasteiger partial charge in [-0.25, -0.2) is 17.2 Å². The first kappa shape index (κ1) is 20.7. The first-order chi connectivity index (χ1) is 14.9. The molecule has 158 valence electrons. The van der Waals surface area contributed by atoms with E-state index in [1.807, 2.05) is 0 Å². The smallest absolute Gasteiger partial charge is 0.264 e. The van der Waals surface area contributed by atoms with Gasteiger partial charge in [0.25, 0.3) is 10.0 Å². The third kappa shape index (κ3) is 3.94. The predicted molar refractivity (Wildman–Crippen MR) is 114 cm³/mol. The van der Waals surface area contributed by atoms with E-state index in [0.29, 0.717) is 27.9 Å². The minimum absolute atomic E-state index is 0.0841. The molecule has 0 atom stereocenters. The van der Waals surface area contributed by atoms with E-state index < -0.39 is 21.7 Å². The Morgan fingerprint density at radius 2 is 1.68 bits per heavy atom. The summed E-state index contributed by atoms with van der Waals surface area (Å²) in [5.74, 6) is -0.652. The molecule has 0 aliphatic rings. The van der Waals surface area contributed by atoms with E-state index in [2.05, 4.69) is 4.98 Å². The molecule has 0 aliphatic heterocycles. The number of pyridine rings is 1. The Morgan fingerprint density at radius 3 is 2.42 bits per heavy atom. The maximum atomic E-state index is 14.3. The number of nitrogens with zero attached hydrogens (tertiary/aromatic N) is 2. The van der Waals surface area contributed by atoms with Crippen LogP contribution in [0.3, 0.4) is 0 Å². The lowest BCUT2D eigenvalue weighted by molar-refractivity contribution is 0.415. The van der Waals surface area contributed by atoms with E-state index in [1.54, 1.807) is 36.4 Å². The van der Waals surface area contributed by atoms with Crippen LogP contribution in [0.15, 0.2) is 83.9 Å². The van der Waals surface area contributed by atoms with Gasteiger partial charge in [0, 0.05) is 11.6 Å². The number of hydrogen-bond donors (Lipinski definition) is 0. The van der Waals surface area contributed by atoms with Crippen molar-refractivity contribution in [3.8, 4) is 5.75 Å². The summed E-state index contributed by atoms with van der Waals surface area (Å²) in [5.41, 5.74) is 1.16. The second-order valence-corrected chi connectivity index (χ2v) is 8.61. The Kier molecular flexibility index (Phi) is 5.56. The van der Waals surface area contributed by atoms with E-state index in [-0.39, 0.29) is 11.4 Å². The lowest BCUT2D eigenvalue weighted by Crippen LogP contribution is -2.31. The molecule has 1 heterocycles. The van der Waals surface area contributed by atoms with Crippen molar-refractivity contribution < 1.29 is 21.9 Å². The van der Waals surface area contributed by atoms with Crippen LogP contribution in [0, 0.1) is 11.6 Å². The number of methoxy groups -OCH3 is 1. The first-order valence-corrected chi connectivity index (χ1v) is 10.8. The van der Waals surface area contributed by atoms with E-state index in [4.69, 9.17) is 4.74 Å². The molecule has 0 N–H and O–H groups in total. The van der Waals surface area contributed by atoms with Crippen LogP contribution < -0.4 is 9.04 Å². The van der Waals surface area contributed by atoms with Crippen molar-refractivity contribution in [1.29, 1.82) is 0 Å². The van der Waals surface area contributed by atoms with Crippen molar-refractivity contribution in [2.75, 3.05) is 11.4 Å². The van der Waals surface area contributed by atoms with Gasteiger partial charge in [-0.3, -0.25) is 9.29 Å². The first-order valence-electron chi connectivity index (χ1n) is 9.35. The number of hydrogen-bond acceptors (Lipinski definition) is 4. The molecule has 0 unspecified atom stereocenters. The summed E-state index contributed by atoms with van der Waals surface area (Å²) in [4.78, 5) is 4.17. The van der Waals surface area contributed by atoms with Crippen molar-refractivity contribution >= 4 is 26.6 Å². The summed E-state index contributed by atoms with van der Waals surface area (Å²) < 4.78 is 61.3. The van der Waals surface area contributed by atoms with Crippen LogP contribution in [0.25, 0.3) is 10.9 Å². The fourth-order valence-corrected chi connectivity index (χ4v) is 4.80. The fourth-order valence-electron chi connectivity index (χ4n) is 3.35. The second-order valence-electron chi connectivity index (χ2n) is 6.74. The molecular formula is C23H18F2N2O3S. The topological polar surface area (TPSA) is 59.5 Å². The molecule has 1 aromatic heterocycles. The van der Waals surface area contributed by atoms with Gasteiger partial charge in [-0.2, -0.15) is 0 Å². The summed E-state index contributed by atoms with van der Waals surface area (Å²) in [6, 6.07) is 17.2. The number of benzene rings is 3. The van der Waals surface area contributed by atoms with Crippen LogP contribution in [-0.2, 0) is 16.6 Å². The van der Waals surface area contributed by atoms with Gasteiger partial charge in [-0.05, 0) is 60.2 Å². The Hall–Kier alpha value is -3.52. The molecule has 3 aromatic carbocycles. The highest BCUT2D eigenvalue weighted by Gasteiger charge is 2.28. The molecule has 0 amide bonds. The summed E-state index contributed by atoms with van der Waals surface area (Å²) in [6.07, 6.45) is 1.52. The van der Waals surface area contributed by atoms with Crippen LogP contribution >= 0.6 is 0 Å². The molecule has 0 radical (unpaired) electrons. The van der Waals surface area contributed by atoms with Crippen LogP contribution in [0.1, 0.15) is 5.56 Å². The molecule has 8 heteroatoms. The number of ether oxygens (including phenoxy) is 1. The van der Waals surface area contributed by atoms with E-state index in [9.17, 15) is 17.2 Å². The lowest BCUT2D eigenvalue weighted by Gasteiger charge is -2.26. The van der Waals surface area contributed by atoms with Gasteiger partial charge in [0.2, 0.25) is 0 Å². The monoisotopic (exact) mass is 440 g/mol. The number of fused-ring (bicyclic) bond motifs is 1. The van der Waals surface area contributed by atoms with Gasteiger partial charge in [0.1, 0.15) is 17.4 Å². The van der Waals surface area contributed by atoms with Gasteiger partial charge in [-0.1, -0.05) is 18.2 Å². The highest BCUT2D eigenvalue weighted by Crippen LogP contribution is 2.34. The molecule has 0 saturated carbocycles. The Morgan fingerprint density at radius 1 is 0.935 bits per heavy atom. The second kappa shape index (κ2) is 8.31. The third-order valence-corrected chi connectivity index (χ3v) is 6.64. The zero-order chi connectivity index (χ0) is 22.0. The van der Waals surface area contributed by atoms with Crippen LogP contribution in [0.5, 0.6) is 5.75 Å². The van der Waals surface area contributed by atoms with Gasteiger partial charge < -0.3 is 4.74 Å². The Balaban J connectivity index is 1.90. The molecule has 0 spiro atoms. The van der Waals surface area contributed by atoms with E-state index >= 15 is 0 Å². The Labute approximate surface area is 178 Å². The van der Waals surface area contributed by atoms with E-state index in [1.165, 1.54) is 37.6 Å². The lowest BCUT2D eigenvalue weighted by atomic mass is 10.1. The zero-order valence-corrected chi connectivity index (χ0v) is 17.3. The summed E-state index contributed by atoms with van der Waals surface area (Å²) >= 11 is 0. The highest BCUT2D eigenvalue weighted by molar-refractivity contribution is 7.92. The molecule has 31 heavy (non-hydrogen) atoms. The van der Waals surface area contributed by atoms with Crippen molar-refractivity contribution in [2.24, 2.45) is 0 Å². The number of sulfonamides is 1. The van der Waals surface area contributed by atoms with Crippen molar-refractivity contribution in [3.63, 3.8) is 0 Å². The van der Waals surface area contributed by atoms with Gasteiger partial charge in [0.15, 0.2) is 0 Å². The van der Waals surface area contributed by atoms with Gasteiger partial charge in [-0.15, -0.1) is 0 Å². The number of halogens is 2. The molecule has 0 aliphatic carbocycles. The van der Waals surface area contributed by atoms with Gasteiger partial charge >= 0.3 is 0 Å². The largest absolute Gasteiger partial charge is 0.495 e. The normalized spacial score (nSPS) is 11.5. The number of para-hydroxylation sites is 2. The number of rotatable bonds is 6.